The molecule has 5 nitrogen and oxygen atoms in total. The zero-order valence-electron chi connectivity index (χ0n) is 13.1. The lowest BCUT2D eigenvalue weighted by atomic mass is 10.1. The fraction of sp³-hybridized carbons (Fsp3) is 0.500. The van der Waals surface area contributed by atoms with Gasteiger partial charge in [0.15, 0.2) is 0 Å². The third-order valence-electron chi connectivity index (χ3n) is 3.67. The molecule has 3 N–H and O–H groups in total. The van der Waals surface area contributed by atoms with Gasteiger partial charge < -0.3 is 10.6 Å². The lowest BCUT2D eigenvalue weighted by Crippen LogP contribution is -2.48. The van der Waals surface area contributed by atoms with Crippen molar-refractivity contribution in [2.75, 3.05) is 20.6 Å². The summed E-state index contributed by atoms with van der Waals surface area (Å²) < 4.78 is 27.6. The van der Waals surface area contributed by atoms with Crippen LogP contribution in [0, 0.1) is 6.92 Å². The lowest BCUT2D eigenvalue weighted by molar-refractivity contribution is 0.199. The molecule has 0 radical (unpaired) electrons. The highest BCUT2D eigenvalue weighted by Gasteiger charge is 2.25. The zero-order chi connectivity index (χ0) is 16.4. The van der Waals surface area contributed by atoms with E-state index in [0.29, 0.717) is 17.7 Å². The van der Waals surface area contributed by atoms with Gasteiger partial charge in [-0.3, -0.25) is 0 Å². The second kappa shape index (κ2) is 6.39. The van der Waals surface area contributed by atoms with E-state index in [2.05, 4.69) is 4.72 Å². The van der Waals surface area contributed by atoms with E-state index in [0.717, 1.165) is 0 Å². The van der Waals surface area contributed by atoms with Gasteiger partial charge in [0, 0.05) is 17.6 Å². The van der Waals surface area contributed by atoms with Gasteiger partial charge >= 0.3 is 0 Å². The molecule has 0 heterocycles. The average molecular weight is 329 g/mol. The van der Waals surface area contributed by atoms with Gasteiger partial charge in [-0.2, -0.15) is 0 Å². The van der Waals surface area contributed by atoms with Crippen molar-refractivity contribution >= 4 is 27.2 Å². The molecule has 0 aliphatic rings. The van der Waals surface area contributed by atoms with E-state index in [1.807, 2.05) is 32.8 Å². The van der Waals surface area contributed by atoms with Crippen LogP contribution in [0.15, 0.2) is 23.1 Å². The molecule has 1 aromatic carbocycles. The number of likely N-dealkylation sites (N-methyl/N-ethyl adjacent to an activating group) is 1. The summed E-state index contributed by atoms with van der Waals surface area (Å²) >= 11 is 4.90. The summed E-state index contributed by atoms with van der Waals surface area (Å²) in [4.78, 5) is 2.36. The Morgan fingerprint density at radius 1 is 1.38 bits per heavy atom. The molecule has 0 aromatic heterocycles. The third kappa shape index (κ3) is 4.47. The molecule has 0 bridgehead atoms. The SMILES string of the molecule is Cc1ccc(C(N)=S)cc1S(=O)(=O)NCC(C)(C)N(C)C. The molecule has 0 aliphatic heterocycles. The van der Waals surface area contributed by atoms with E-state index < -0.39 is 10.0 Å². The quantitative estimate of drug-likeness (QED) is 0.768. The average Bonchev–Trinajstić information content (AvgIpc) is 2.36. The number of aryl methyl sites for hydroxylation is 1. The number of benzene rings is 1. The van der Waals surface area contributed by atoms with E-state index in [1.54, 1.807) is 19.1 Å². The minimum atomic E-state index is -3.61. The van der Waals surface area contributed by atoms with Crippen molar-refractivity contribution in [2.45, 2.75) is 31.2 Å². The van der Waals surface area contributed by atoms with Crippen molar-refractivity contribution < 1.29 is 8.42 Å². The highest BCUT2D eigenvalue weighted by Crippen LogP contribution is 2.18. The van der Waals surface area contributed by atoms with Gasteiger partial charge in [-0.25, -0.2) is 13.1 Å². The van der Waals surface area contributed by atoms with Gasteiger partial charge in [0.1, 0.15) is 4.99 Å². The third-order valence-corrected chi connectivity index (χ3v) is 5.45. The number of nitrogens with two attached hydrogens (primary N) is 1. The molecule has 0 spiro atoms. The Balaban J connectivity index is 3.09. The van der Waals surface area contributed by atoms with Gasteiger partial charge in [0.2, 0.25) is 10.0 Å². The predicted molar refractivity (Wildman–Crippen MR) is 90.0 cm³/mol. The monoisotopic (exact) mass is 329 g/mol. The highest BCUT2D eigenvalue weighted by atomic mass is 32.2. The summed E-state index contributed by atoms with van der Waals surface area (Å²) in [7, 11) is 0.214. The number of nitrogens with zero attached hydrogens (tertiary/aromatic N) is 1. The van der Waals surface area contributed by atoms with Crippen molar-refractivity contribution in [3.63, 3.8) is 0 Å². The zero-order valence-corrected chi connectivity index (χ0v) is 14.7. The Morgan fingerprint density at radius 2 is 1.95 bits per heavy atom. The van der Waals surface area contributed by atoms with Crippen LogP contribution in [-0.4, -0.2) is 44.5 Å². The van der Waals surface area contributed by atoms with Gasteiger partial charge in [-0.15, -0.1) is 0 Å². The van der Waals surface area contributed by atoms with Crippen LogP contribution < -0.4 is 10.5 Å². The minimum absolute atomic E-state index is 0.181. The molecule has 0 atom stereocenters. The highest BCUT2D eigenvalue weighted by molar-refractivity contribution is 7.89. The molecule has 7 heteroatoms. The molecule has 1 rings (SSSR count). The number of rotatable bonds is 6. The Morgan fingerprint density at radius 3 is 2.43 bits per heavy atom. The summed E-state index contributed by atoms with van der Waals surface area (Å²) in [5.41, 5.74) is 6.48. The first-order valence-corrected chi connectivity index (χ1v) is 8.44. The van der Waals surface area contributed by atoms with Crippen LogP contribution in [0.1, 0.15) is 25.0 Å². The van der Waals surface area contributed by atoms with Crippen LogP contribution in [0.2, 0.25) is 0 Å². The molecule has 118 valence electrons. The fourth-order valence-electron chi connectivity index (χ4n) is 1.55. The van der Waals surface area contributed by atoms with E-state index in [-0.39, 0.29) is 15.4 Å². The van der Waals surface area contributed by atoms with Gasteiger partial charge in [-0.1, -0.05) is 24.4 Å². The van der Waals surface area contributed by atoms with Gasteiger partial charge in [0.05, 0.1) is 4.90 Å². The van der Waals surface area contributed by atoms with Crippen LogP contribution in [-0.2, 0) is 10.0 Å². The Hall–Kier alpha value is -1.02. The van der Waals surface area contributed by atoms with Crippen molar-refractivity contribution in [1.29, 1.82) is 0 Å². The summed E-state index contributed by atoms with van der Waals surface area (Å²) in [5.74, 6) is 0. The van der Waals surface area contributed by atoms with Crippen LogP contribution >= 0.6 is 12.2 Å². The summed E-state index contributed by atoms with van der Waals surface area (Å²) in [6.07, 6.45) is 0. The van der Waals surface area contributed by atoms with Crippen molar-refractivity contribution in [3.8, 4) is 0 Å². The first-order valence-electron chi connectivity index (χ1n) is 6.55. The van der Waals surface area contributed by atoms with E-state index in [1.165, 1.54) is 6.07 Å². The maximum absolute atomic E-state index is 12.5. The van der Waals surface area contributed by atoms with E-state index >= 15 is 0 Å². The van der Waals surface area contributed by atoms with Crippen molar-refractivity contribution in [3.05, 3.63) is 29.3 Å². The maximum Gasteiger partial charge on any atom is 0.240 e. The van der Waals surface area contributed by atoms with Crippen molar-refractivity contribution in [2.24, 2.45) is 5.73 Å². The number of hydrogen-bond donors (Lipinski definition) is 2. The largest absolute Gasteiger partial charge is 0.389 e. The first-order chi connectivity index (χ1) is 9.47. The van der Waals surface area contributed by atoms with E-state index in [4.69, 9.17) is 18.0 Å². The normalized spacial score (nSPS) is 12.7. The standard InChI is InChI=1S/C14H23N3O2S2/c1-10-6-7-11(13(15)20)8-12(10)21(18,19)16-9-14(2,3)17(4)5/h6-8,16H,9H2,1-5H3,(H2,15,20). The molecule has 0 saturated heterocycles. The summed E-state index contributed by atoms with van der Waals surface area (Å²) in [6.45, 7) is 5.98. The van der Waals surface area contributed by atoms with Crippen LogP contribution in [0.25, 0.3) is 0 Å². The number of sulfonamides is 1. The Labute approximate surface area is 132 Å². The Bertz CT molecular complexity index is 638. The van der Waals surface area contributed by atoms with Gasteiger partial charge in [-0.05, 0) is 46.5 Å². The summed E-state index contributed by atoms with van der Waals surface area (Å²) in [5, 5.41) is 0. The number of thiocarbonyl (C=S) groups is 1. The molecule has 0 amide bonds. The van der Waals surface area contributed by atoms with Crippen LogP contribution in [0.5, 0.6) is 0 Å². The Kier molecular flexibility index (Phi) is 5.49. The lowest BCUT2D eigenvalue weighted by Gasteiger charge is -2.32. The second-order valence-electron chi connectivity index (χ2n) is 5.88. The summed E-state index contributed by atoms with van der Waals surface area (Å²) in [6, 6.07) is 4.95. The molecule has 0 saturated carbocycles. The number of hydrogen-bond acceptors (Lipinski definition) is 4. The fourth-order valence-corrected chi connectivity index (χ4v) is 3.15. The van der Waals surface area contributed by atoms with Crippen LogP contribution in [0.3, 0.4) is 0 Å². The van der Waals surface area contributed by atoms with Crippen LogP contribution in [0.4, 0.5) is 0 Å². The molecule has 0 aliphatic carbocycles. The maximum atomic E-state index is 12.5. The second-order valence-corrected chi connectivity index (χ2v) is 8.05. The molecule has 0 unspecified atom stereocenters. The van der Waals surface area contributed by atoms with Crippen molar-refractivity contribution in [1.82, 2.24) is 9.62 Å². The first kappa shape index (κ1) is 18.0. The minimum Gasteiger partial charge on any atom is -0.389 e. The topological polar surface area (TPSA) is 75.4 Å². The molecule has 1 aromatic rings. The van der Waals surface area contributed by atoms with E-state index in [9.17, 15) is 8.42 Å². The molecule has 21 heavy (non-hydrogen) atoms. The van der Waals surface area contributed by atoms with Gasteiger partial charge in [0.25, 0.3) is 0 Å². The number of nitrogens with one attached hydrogen (secondary N) is 1. The molecular formula is C14H23N3O2S2. The smallest absolute Gasteiger partial charge is 0.240 e. The molecular weight excluding hydrogens is 306 g/mol. The predicted octanol–water partition coefficient (Wildman–Crippen LogP) is 1.25. The molecule has 0 fully saturated rings.